The minimum Gasteiger partial charge on any atom is -0.481 e. The molecule has 0 spiro atoms. The van der Waals surface area contributed by atoms with Gasteiger partial charge in [-0.05, 0) is 29.9 Å². The second-order valence-corrected chi connectivity index (χ2v) is 4.80. The van der Waals surface area contributed by atoms with Crippen molar-refractivity contribution in [2.24, 2.45) is 5.41 Å². The molecule has 0 fully saturated rings. The van der Waals surface area contributed by atoms with E-state index in [9.17, 15) is 9.90 Å². The van der Waals surface area contributed by atoms with Crippen molar-refractivity contribution in [3.63, 3.8) is 0 Å². The van der Waals surface area contributed by atoms with Crippen LogP contribution >= 0.6 is 0 Å². The maximum absolute atomic E-state index is 11.3. The van der Waals surface area contributed by atoms with Crippen molar-refractivity contribution in [2.45, 2.75) is 32.6 Å². The molecule has 1 aliphatic carbocycles. The Bertz CT molecular complexity index is 398. The standard InChI is InChI=1S/C12H15NO2/c1-12(2)6-5-9-8(4-3-7-13-9)10(12)11(14)15/h3-4,7,10H,5-6H2,1-2H3,(H,14,15). The van der Waals surface area contributed by atoms with Gasteiger partial charge in [0, 0.05) is 11.9 Å². The molecule has 2 rings (SSSR count). The molecule has 1 heterocycles. The summed E-state index contributed by atoms with van der Waals surface area (Å²) in [7, 11) is 0. The summed E-state index contributed by atoms with van der Waals surface area (Å²) in [6.07, 6.45) is 3.50. The van der Waals surface area contributed by atoms with Crippen LogP contribution in [-0.4, -0.2) is 16.1 Å². The first-order valence-electron chi connectivity index (χ1n) is 5.19. The van der Waals surface area contributed by atoms with Crippen LogP contribution in [0.4, 0.5) is 0 Å². The molecule has 0 saturated carbocycles. The molecule has 0 bridgehead atoms. The van der Waals surface area contributed by atoms with Crippen LogP contribution < -0.4 is 0 Å². The smallest absolute Gasteiger partial charge is 0.311 e. The molecular weight excluding hydrogens is 190 g/mol. The average molecular weight is 205 g/mol. The maximum Gasteiger partial charge on any atom is 0.311 e. The summed E-state index contributed by atoms with van der Waals surface area (Å²) in [5.41, 5.74) is 1.66. The fourth-order valence-electron chi connectivity index (χ4n) is 2.40. The third kappa shape index (κ3) is 1.62. The van der Waals surface area contributed by atoms with E-state index in [1.807, 2.05) is 26.0 Å². The zero-order valence-corrected chi connectivity index (χ0v) is 9.03. The molecule has 3 heteroatoms. The molecule has 1 atom stereocenters. The molecule has 15 heavy (non-hydrogen) atoms. The highest BCUT2D eigenvalue weighted by Gasteiger charge is 2.40. The van der Waals surface area contributed by atoms with E-state index in [1.165, 1.54) is 0 Å². The van der Waals surface area contributed by atoms with Gasteiger partial charge in [0.15, 0.2) is 0 Å². The minimum absolute atomic E-state index is 0.179. The number of carboxylic acids is 1. The van der Waals surface area contributed by atoms with Gasteiger partial charge in [0.2, 0.25) is 0 Å². The summed E-state index contributed by atoms with van der Waals surface area (Å²) in [6.45, 7) is 4.03. The van der Waals surface area contributed by atoms with Crippen LogP contribution in [0.5, 0.6) is 0 Å². The number of hydrogen-bond donors (Lipinski definition) is 1. The monoisotopic (exact) mass is 205 g/mol. The first kappa shape index (κ1) is 10.1. The van der Waals surface area contributed by atoms with E-state index in [0.717, 1.165) is 24.1 Å². The van der Waals surface area contributed by atoms with Gasteiger partial charge in [0.25, 0.3) is 0 Å². The maximum atomic E-state index is 11.3. The summed E-state index contributed by atoms with van der Waals surface area (Å²) in [4.78, 5) is 15.6. The van der Waals surface area contributed by atoms with E-state index >= 15 is 0 Å². The Morgan fingerprint density at radius 2 is 2.33 bits per heavy atom. The van der Waals surface area contributed by atoms with Crippen LogP contribution in [0.2, 0.25) is 0 Å². The molecular formula is C12H15NO2. The molecule has 0 saturated heterocycles. The molecule has 80 valence electrons. The molecule has 1 N–H and O–H groups in total. The predicted octanol–water partition coefficient (Wildman–Crippen LogP) is 2.22. The number of aryl methyl sites for hydroxylation is 1. The number of hydrogen-bond acceptors (Lipinski definition) is 2. The van der Waals surface area contributed by atoms with Gasteiger partial charge in [-0.2, -0.15) is 0 Å². The van der Waals surface area contributed by atoms with Gasteiger partial charge in [0.05, 0.1) is 5.92 Å². The van der Waals surface area contributed by atoms with E-state index in [4.69, 9.17) is 0 Å². The number of carbonyl (C=O) groups is 1. The summed E-state index contributed by atoms with van der Waals surface area (Å²) in [5.74, 6) is -1.16. The number of fused-ring (bicyclic) bond motifs is 1. The molecule has 1 aromatic rings. The number of carboxylic acid groups (broad SMARTS) is 1. The molecule has 0 radical (unpaired) electrons. The first-order valence-corrected chi connectivity index (χ1v) is 5.19. The normalized spacial score (nSPS) is 23.2. The van der Waals surface area contributed by atoms with Crippen LogP contribution in [-0.2, 0) is 11.2 Å². The second kappa shape index (κ2) is 3.33. The molecule has 0 aliphatic heterocycles. The highest BCUT2D eigenvalue weighted by molar-refractivity contribution is 5.78. The quantitative estimate of drug-likeness (QED) is 0.764. The van der Waals surface area contributed by atoms with Crippen LogP contribution in [0.25, 0.3) is 0 Å². The number of aliphatic carboxylic acids is 1. The van der Waals surface area contributed by atoms with E-state index in [2.05, 4.69) is 4.98 Å². The topological polar surface area (TPSA) is 50.2 Å². The Balaban J connectivity index is 2.53. The SMILES string of the molecule is CC1(C)CCc2ncccc2C1C(=O)O. The van der Waals surface area contributed by atoms with Crippen molar-refractivity contribution in [1.29, 1.82) is 0 Å². The highest BCUT2D eigenvalue weighted by Crippen LogP contribution is 2.44. The van der Waals surface area contributed by atoms with Crippen LogP contribution in [0, 0.1) is 5.41 Å². The van der Waals surface area contributed by atoms with E-state index in [-0.39, 0.29) is 5.41 Å². The minimum atomic E-state index is -0.742. The summed E-state index contributed by atoms with van der Waals surface area (Å²) >= 11 is 0. The van der Waals surface area contributed by atoms with E-state index in [1.54, 1.807) is 6.20 Å². The van der Waals surface area contributed by atoms with Crippen molar-refractivity contribution in [1.82, 2.24) is 4.98 Å². The average Bonchev–Trinajstić information content (AvgIpc) is 2.15. The van der Waals surface area contributed by atoms with Gasteiger partial charge in [-0.25, -0.2) is 0 Å². The number of rotatable bonds is 1. The zero-order valence-electron chi connectivity index (χ0n) is 9.03. The second-order valence-electron chi connectivity index (χ2n) is 4.80. The Labute approximate surface area is 89.2 Å². The molecule has 0 amide bonds. The van der Waals surface area contributed by atoms with Crippen molar-refractivity contribution >= 4 is 5.97 Å². The van der Waals surface area contributed by atoms with Crippen LogP contribution in [0.3, 0.4) is 0 Å². The van der Waals surface area contributed by atoms with Gasteiger partial charge >= 0.3 is 5.97 Å². The van der Waals surface area contributed by atoms with E-state index < -0.39 is 11.9 Å². The molecule has 1 aliphatic rings. The Hall–Kier alpha value is -1.38. The summed E-state index contributed by atoms with van der Waals surface area (Å²) in [5, 5.41) is 9.29. The van der Waals surface area contributed by atoms with Crippen molar-refractivity contribution < 1.29 is 9.90 Å². The van der Waals surface area contributed by atoms with Gasteiger partial charge in [-0.3, -0.25) is 9.78 Å². The lowest BCUT2D eigenvalue weighted by molar-refractivity contribution is -0.142. The van der Waals surface area contributed by atoms with E-state index in [0.29, 0.717) is 0 Å². The third-order valence-electron chi connectivity index (χ3n) is 3.27. The van der Waals surface area contributed by atoms with Gasteiger partial charge in [-0.15, -0.1) is 0 Å². The zero-order chi connectivity index (χ0) is 11.1. The predicted molar refractivity (Wildman–Crippen MR) is 56.7 cm³/mol. The molecule has 1 aromatic heterocycles. The van der Waals surface area contributed by atoms with Crippen molar-refractivity contribution in [3.8, 4) is 0 Å². The number of nitrogens with zero attached hydrogens (tertiary/aromatic N) is 1. The van der Waals surface area contributed by atoms with Crippen LogP contribution in [0.15, 0.2) is 18.3 Å². The van der Waals surface area contributed by atoms with Crippen molar-refractivity contribution in [3.05, 3.63) is 29.6 Å². The first-order chi connectivity index (χ1) is 7.02. The van der Waals surface area contributed by atoms with Crippen molar-refractivity contribution in [2.75, 3.05) is 0 Å². The van der Waals surface area contributed by atoms with Crippen LogP contribution in [0.1, 0.15) is 37.4 Å². The van der Waals surface area contributed by atoms with Gasteiger partial charge < -0.3 is 5.11 Å². The Morgan fingerprint density at radius 3 is 3.00 bits per heavy atom. The molecule has 0 aromatic carbocycles. The Kier molecular flexibility index (Phi) is 2.25. The lowest BCUT2D eigenvalue weighted by Gasteiger charge is -2.36. The lowest BCUT2D eigenvalue weighted by Crippen LogP contribution is -2.34. The highest BCUT2D eigenvalue weighted by atomic mass is 16.4. The lowest BCUT2D eigenvalue weighted by atomic mass is 9.67. The number of aromatic nitrogens is 1. The summed E-state index contributed by atoms with van der Waals surface area (Å²) < 4.78 is 0. The fraction of sp³-hybridized carbons (Fsp3) is 0.500. The Morgan fingerprint density at radius 1 is 1.60 bits per heavy atom. The largest absolute Gasteiger partial charge is 0.481 e. The third-order valence-corrected chi connectivity index (χ3v) is 3.27. The van der Waals surface area contributed by atoms with Gasteiger partial charge in [-0.1, -0.05) is 19.9 Å². The summed E-state index contributed by atoms with van der Waals surface area (Å²) in [6, 6.07) is 3.71. The number of pyridine rings is 1. The molecule has 3 nitrogen and oxygen atoms in total. The molecule has 1 unspecified atom stereocenters. The van der Waals surface area contributed by atoms with Gasteiger partial charge in [0.1, 0.15) is 0 Å². The fourth-order valence-corrected chi connectivity index (χ4v) is 2.40.